The fourth-order valence-electron chi connectivity index (χ4n) is 2.88. The van der Waals surface area contributed by atoms with E-state index in [2.05, 4.69) is 0 Å². The van der Waals surface area contributed by atoms with Gasteiger partial charge in [-0.3, -0.25) is 9.69 Å². The zero-order valence-electron chi connectivity index (χ0n) is 14.6. The molecule has 28 heavy (non-hydrogen) atoms. The number of halogens is 2. The molecular formula is C21H13F2NO2S2. The summed E-state index contributed by atoms with van der Waals surface area (Å²) in [6.07, 6.45) is 1.57. The highest BCUT2D eigenvalue weighted by molar-refractivity contribution is 8.27. The van der Waals surface area contributed by atoms with E-state index in [9.17, 15) is 13.6 Å². The Morgan fingerprint density at radius 2 is 1.89 bits per heavy atom. The largest absolute Gasteiger partial charge is 0.457 e. The maximum Gasteiger partial charge on any atom is 0.270 e. The van der Waals surface area contributed by atoms with Gasteiger partial charge in [0.1, 0.15) is 23.2 Å². The molecule has 3 nitrogen and oxygen atoms in total. The van der Waals surface area contributed by atoms with Gasteiger partial charge in [0.05, 0.1) is 16.2 Å². The minimum absolute atomic E-state index is 0.147. The molecule has 0 radical (unpaired) electrons. The van der Waals surface area contributed by atoms with Crippen LogP contribution in [0.3, 0.4) is 0 Å². The summed E-state index contributed by atoms with van der Waals surface area (Å²) in [6, 6.07) is 14.0. The number of thiocarbonyl (C=S) groups is 1. The van der Waals surface area contributed by atoms with Crippen LogP contribution in [0.1, 0.15) is 11.3 Å². The van der Waals surface area contributed by atoms with Gasteiger partial charge in [-0.1, -0.05) is 42.2 Å². The van der Waals surface area contributed by atoms with Crippen LogP contribution in [0, 0.1) is 18.6 Å². The second-order valence-electron chi connectivity index (χ2n) is 6.13. The van der Waals surface area contributed by atoms with Gasteiger partial charge in [0.25, 0.3) is 5.91 Å². The lowest BCUT2D eigenvalue weighted by Crippen LogP contribution is -2.28. The van der Waals surface area contributed by atoms with E-state index in [1.807, 2.05) is 31.2 Å². The Hall–Kier alpha value is -2.77. The first-order valence-electron chi connectivity index (χ1n) is 8.33. The van der Waals surface area contributed by atoms with Gasteiger partial charge in [0.2, 0.25) is 0 Å². The van der Waals surface area contributed by atoms with E-state index in [0.717, 1.165) is 23.4 Å². The highest BCUT2D eigenvalue weighted by atomic mass is 32.2. The fourth-order valence-corrected chi connectivity index (χ4v) is 4.15. The van der Waals surface area contributed by atoms with Gasteiger partial charge in [-0.25, -0.2) is 8.78 Å². The Morgan fingerprint density at radius 3 is 2.64 bits per heavy atom. The SMILES string of the molecule is Cc1ccccc1N1C(=O)/C(=C\c2ccc(-c3ccc(F)cc3F)o2)SC1=S. The number of hydrogen-bond donors (Lipinski definition) is 0. The number of nitrogens with zero attached hydrogens (tertiary/aromatic N) is 1. The molecule has 0 spiro atoms. The van der Waals surface area contributed by atoms with Crippen LogP contribution in [0.15, 0.2) is 63.9 Å². The van der Waals surface area contributed by atoms with Gasteiger partial charge in [-0.2, -0.15) is 0 Å². The molecule has 0 atom stereocenters. The van der Waals surface area contributed by atoms with E-state index in [0.29, 0.717) is 15.0 Å². The highest BCUT2D eigenvalue weighted by Gasteiger charge is 2.34. The van der Waals surface area contributed by atoms with Gasteiger partial charge >= 0.3 is 0 Å². The van der Waals surface area contributed by atoms with Crippen molar-refractivity contribution in [3.8, 4) is 11.3 Å². The molecule has 0 unspecified atom stereocenters. The van der Waals surface area contributed by atoms with Crippen molar-refractivity contribution >= 4 is 46.0 Å². The van der Waals surface area contributed by atoms with Crippen molar-refractivity contribution in [3.05, 3.63) is 82.5 Å². The van der Waals surface area contributed by atoms with Crippen LogP contribution in [-0.2, 0) is 4.79 Å². The Kier molecular flexibility index (Phi) is 4.87. The molecule has 1 saturated heterocycles. The summed E-state index contributed by atoms with van der Waals surface area (Å²) in [7, 11) is 0. The topological polar surface area (TPSA) is 33.5 Å². The highest BCUT2D eigenvalue weighted by Crippen LogP contribution is 2.37. The van der Waals surface area contributed by atoms with E-state index >= 15 is 0 Å². The molecule has 7 heteroatoms. The first kappa shape index (κ1) is 18.6. The van der Waals surface area contributed by atoms with Crippen LogP contribution in [0.5, 0.6) is 0 Å². The van der Waals surface area contributed by atoms with Crippen molar-refractivity contribution in [3.63, 3.8) is 0 Å². The number of hydrogen-bond acceptors (Lipinski definition) is 4. The summed E-state index contributed by atoms with van der Waals surface area (Å²) in [5.41, 5.74) is 1.82. The number of benzene rings is 2. The predicted molar refractivity (Wildman–Crippen MR) is 111 cm³/mol. The Labute approximate surface area is 169 Å². The van der Waals surface area contributed by atoms with Crippen molar-refractivity contribution < 1.29 is 18.0 Å². The van der Waals surface area contributed by atoms with Crippen molar-refractivity contribution in [2.75, 3.05) is 4.90 Å². The molecule has 4 rings (SSSR count). The summed E-state index contributed by atoms with van der Waals surface area (Å²) in [5, 5.41) is 0. The second kappa shape index (κ2) is 7.33. The van der Waals surface area contributed by atoms with Crippen LogP contribution in [-0.4, -0.2) is 10.2 Å². The second-order valence-corrected chi connectivity index (χ2v) is 7.81. The molecule has 2 aromatic carbocycles. The molecule has 1 aliphatic rings. The van der Waals surface area contributed by atoms with Crippen molar-refractivity contribution in [1.82, 2.24) is 0 Å². The Bertz CT molecular complexity index is 1140. The van der Waals surface area contributed by atoms with Crippen molar-refractivity contribution in [2.24, 2.45) is 0 Å². The summed E-state index contributed by atoms with van der Waals surface area (Å²) in [5.74, 6) is -0.989. The number of furan rings is 1. The van der Waals surface area contributed by atoms with Gasteiger partial charge < -0.3 is 4.42 Å². The summed E-state index contributed by atoms with van der Waals surface area (Å²) < 4.78 is 33.1. The third-order valence-electron chi connectivity index (χ3n) is 4.25. The summed E-state index contributed by atoms with van der Waals surface area (Å²) >= 11 is 6.55. The third-order valence-corrected chi connectivity index (χ3v) is 5.55. The van der Waals surface area contributed by atoms with Crippen LogP contribution in [0.4, 0.5) is 14.5 Å². The average molecular weight is 413 g/mol. The zero-order valence-corrected chi connectivity index (χ0v) is 16.2. The maximum absolute atomic E-state index is 13.9. The average Bonchev–Trinajstić information content (AvgIpc) is 3.21. The van der Waals surface area contributed by atoms with Crippen molar-refractivity contribution in [2.45, 2.75) is 6.92 Å². The molecule has 0 aliphatic carbocycles. The molecule has 0 bridgehead atoms. The van der Waals surface area contributed by atoms with E-state index in [1.54, 1.807) is 18.2 Å². The van der Waals surface area contributed by atoms with Gasteiger partial charge in [0, 0.05) is 12.1 Å². The minimum Gasteiger partial charge on any atom is -0.457 e. The van der Waals surface area contributed by atoms with Gasteiger partial charge in [-0.15, -0.1) is 0 Å². The Morgan fingerprint density at radius 1 is 1.11 bits per heavy atom. The number of para-hydroxylation sites is 1. The number of amides is 1. The van der Waals surface area contributed by atoms with Crippen LogP contribution in [0.25, 0.3) is 17.4 Å². The molecule has 0 N–H and O–H groups in total. The number of carbonyl (C=O) groups excluding carboxylic acids is 1. The first-order valence-corrected chi connectivity index (χ1v) is 9.55. The normalized spacial score (nSPS) is 15.7. The first-order chi connectivity index (χ1) is 13.4. The monoisotopic (exact) mass is 413 g/mol. The van der Waals surface area contributed by atoms with E-state index in [1.165, 1.54) is 22.7 Å². The number of rotatable bonds is 3. The number of carbonyl (C=O) groups is 1. The molecule has 1 aromatic heterocycles. The standard InChI is InChI=1S/C21H13F2NO2S2/c1-12-4-2-3-5-17(12)24-20(25)19(28-21(24)27)11-14-7-9-18(26-14)15-8-6-13(22)10-16(15)23/h2-11H,1H3/b19-11+. The molecule has 3 aromatic rings. The number of thioether (sulfide) groups is 1. The van der Waals surface area contributed by atoms with Crippen LogP contribution < -0.4 is 4.90 Å². The van der Waals surface area contributed by atoms with Gasteiger partial charge in [0.15, 0.2) is 4.32 Å². The molecule has 140 valence electrons. The lowest BCUT2D eigenvalue weighted by atomic mass is 10.1. The molecule has 2 heterocycles. The number of aryl methyl sites for hydroxylation is 1. The lowest BCUT2D eigenvalue weighted by molar-refractivity contribution is -0.113. The van der Waals surface area contributed by atoms with Gasteiger partial charge in [-0.05, 0) is 42.8 Å². The third kappa shape index (κ3) is 3.39. The maximum atomic E-state index is 13.9. The molecular weight excluding hydrogens is 400 g/mol. The zero-order chi connectivity index (χ0) is 19.8. The predicted octanol–water partition coefficient (Wildman–Crippen LogP) is 5.94. The quantitative estimate of drug-likeness (QED) is 0.393. The Balaban J connectivity index is 1.64. The minimum atomic E-state index is -0.716. The van der Waals surface area contributed by atoms with Crippen molar-refractivity contribution in [1.29, 1.82) is 0 Å². The van der Waals surface area contributed by atoms with Crippen LogP contribution >= 0.6 is 24.0 Å². The lowest BCUT2D eigenvalue weighted by Gasteiger charge is -2.16. The van der Waals surface area contributed by atoms with E-state index in [4.69, 9.17) is 16.6 Å². The molecule has 1 aliphatic heterocycles. The molecule has 0 saturated carbocycles. The smallest absolute Gasteiger partial charge is 0.270 e. The van der Waals surface area contributed by atoms with E-state index < -0.39 is 11.6 Å². The summed E-state index contributed by atoms with van der Waals surface area (Å²) in [6.45, 7) is 1.91. The van der Waals surface area contributed by atoms with Crippen LogP contribution in [0.2, 0.25) is 0 Å². The summed E-state index contributed by atoms with van der Waals surface area (Å²) in [4.78, 5) is 14.7. The van der Waals surface area contributed by atoms with E-state index in [-0.39, 0.29) is 17.2 Å². The molecule has 1 fully saturated rings. The fraction of sp³-hybridized carbons (Fsp3) is 0.0476. The molecule has 1 amide bonds. The number of anilines is 1.